The fourth-order valence-electron chi connectivity index (χ4n) is 3.52. The molecule has 1 N–H and O–H groups in total. The molecule has 30 heavy (non-hydrogen) atoms. The van der Waals surface area contributed by atoms with E-state index in [9.17, 15) is 18.4 Å². The van der Waals surface area contributed by atoms with Gasteiger partial charge in [-0.2, -0.15) is 5.10 Å². The molecule has 1 aromatic carbocycles. The number of H-pyrrole nitrogens is 1. The van der Waals surface area contributed by atoms with Gasteiger partial charge < -0.3 is 19.1 Å². The Kier molecular flexibility index (Phi) is 4.52. The van der Waals surface area contributed by atoms with Crippen LogP contribution >= 0.6 is 0 Å². The minimum atomic E-state index is -3.78. The van der Waals surface area contributed by atoms with Crippen LogP contribution in [0.5, 0.6) is 11.5 Å². The van der Waals surface area contributed by atoms with Crippen LogP contribution in [0.4, 0.5) is 8.78 Å². The van der Waals surface area contributed by atoms with E-state index >= 15 is 0 Å². The van der Waals surface area contributed by atoms with Crippen LogP contribution in [0.15, 0.2) is 30.6 Å². The number of benzene rings is 1. The first-order valence-corrected chi connectivity index (χ1v) is 9.25. The third-order valence-corrected chi connectivity index (χ3v) is 4.89. The zero-order valence-corrected chi connectivity index (χ0v) is 16.5. The number of hydrogen-bond acceptors (Lipinski definition) is 6. The lowest BCUT2D eigenvalue weighted by atomic mass is 9.84. The number of amides is 1. The van der Waals surface area contributed by atoms with E-state index in [1.54, 1.807) is 13.1 Å². The van der Waals surface area contributed by atoms with Crippen molar-refractivity contribution in [2.75, 3.05) is 13.2 Å². The molecular formula is C20H19F2N3O5. The molecule has 2 aromatic rings. The van der Waals surface area contributed by atoms with E-state index in [-0.39, 0.29) is 35.8 Å². The van der Waals surface area contributed by atoms with Crippen LogP contribution in [0.3, 0.4) is 0 Å². The van der Waals surface area contributed by atoms with Crippen molar-refractivity contribution in [3.63, 3.8) is 0 Å². The summed E-state index contributed by atoms with van der Waals surface area (Å²) in [5, 5.41) is 6.84. The van der Waals surface area contributed by atoms with E-state index in [1.165, 1.54) is 29.3 Å². The summed E-state index contributed by atoms with van der Waals surface area (Å²) in [6.07, 6.45) is -0.772. The van der Waals surface area contributed by atoms with Gasteiger partial charge in [0.2, 0.25) is 0 Å². The van der Waals surface area contributed by atoms with Crippen molar-refractivity contribution in [2.45, 2.75) is 32.5 Å². The minimum absolute atomic E-state index is 0.106. The predicted molar refractivity (Wildman–Crippen MR) is 99.9 cm³/mol. The zero-order valence-electron chi connectivity index (χ0n) is 16.5. The number of alkyl halides is 2. The van der Waals surface area contributed by atoms with E-state index in [1.807, 2.05) is 13.8 Å². The van der Waals surface area contributed by atoms with Crippen molar-refractivity contribution in [3.8, 4) is 11.5 Å². The number of ether oxygens (including phenoxy) is 3. The molecule has 0 unspecified atom stereocenters. The maximum Gasteiger partial charge on any atom is 0.586 e. The number of aromatic nitrogens is 2. The highest BCUT2D eigenvalue weighted by atomic mass is 19.3. The van der Waals surface area contributed by atoms with Gasteiger partial charge in [0.15, 0.2) is 11.5 Å². The van der Waals surface area contributed by atoms with Crippen LogP contribution in [-0.2, 0) is 14.9 Å². The molecule has 1 aromatic heterocycles. The molecule has 0 bridgehead atoms. The number of nitrogens with one attached hydrogen (secondary N) is 1. The SMILES string of the molecule is CCOC(=O)C1=CN(C(=O)c2ccc3c(c2)OC(F)(F)O3)CC(C)(C)c2cn[nH]c21. The molecule has 0 saturated carbocycles. The van der Waals surface area contributed by atoms with Crippen LogP contribution in [0.2, 0.25) is 0 Å². The van der Waals surface area contributed by atoms with Gasteiger partial charge in [-0.1, -0.05) is 13.8 Å². The van der Waals surface area contributed by atoms with E-state index in [2.05, 4.69) is 19.7 Å². The smallest absolute Gasteiger partial charge is 0.462 e. The molecule has 0 radical (unpaired) electrons. The standard InChI is InChI=1S/C20H19F2N3O5/c1-4-28-18(27)12-9-25(10-19(2,3)13-8-23-24-16(12)13)17(26)11-5-6-14-15(7-11)30-20(21,22)29-14/h5-9H,4,10H2,1-3H3,(H,23,24). The molecule has 4 rings (SSSR count). The Bertz CT molecular complexity index is 1060. The number of carbonyl (C=O) groups is 2. The molecule has 0 atom stereocenters. The molecule has 0 spiro atoms. The van der Waals surface area contributed by atoms with Crippen molar-refractivity contribution in [3.05, 3.63) is 47.4 Å². The van der Waals surface area contributed by atoms with Gasteiger partial charge >= 0.3 is 12.3 Å². The summed E-state index contributed by atoms with van der Waals surface area (Å²) in [5.41, 5.74) is 0.914. The summed E-state index contributed by atoms with van der Waals surface area (Å²) in [7, 11) is 0. The summed E-state index contributed by atoms with van der Waals surface area (Å²) >= 11 is 0. The van der Waals surface area contributed by atoms with Gasteiger partial charge in [-0.3, -0.25) is 9.89 Å². The highest BCUT2D eigenvalue weighted by molar-refractivity contribution is 6.17. The lowest BCUT2D eigenvalue weighted by Gasteiger charge is -2.28. The van der Waals surface area contributed by atoms with Crippen LogP contribution in [0.25, 0.3) is 5.57 Å². The van der Waals surface area contributed by atoms with Crippen molar-refractivity contribution >= 4 is 17.4 Å². The quantitative estimate of drug-likeness (QED) is 0.769. The Morgan fingerprint density at radius 2 is 2.00 bits per heavy atom. The Morgan fingerprint density at radius 3 is 2.73 bits per heavy atom. The highest BCUT2D eigenvalue weighted by Gasteiger charge is 2.44. The molecule has 2 aliphatic rings. The molecule has 8 nitrogen and oxygen atoms in total. The number of esters is 1. The van der Waals surface area contributed by atoms with Gasteiger partial charge in [-0.15, -0.1) is 8.78 Å². The van der Waals surface area contributed by atoms with Gasteiger partial charge in [-0.25, -0.2) is 4.79 Å². The third-order valence-electron chi connectivity index (χ3n) is 4.89. The van der Waals surface area contributed by atoms with Gasteiger partial charge in [0.1, 0.15) is 5.57 Å². The summed E-state index contributed by atoms with van der Waals surface area (Å²) in [4.78, 5) is 27.1. The molecule has 2 aliphatic heterocycles. The van der Waals surface area contributed by atoms with Crippen molar-refractivity contribution in [2.24, 2.45) is 0 Å². The van der Waals surface area contributed by atoms with Gasteiger partial charge in [0, 0.05) is 29.3 Å². The number of fused-ring (bicyclic) bond motifs is 2. The fourth-order valence-corrected chi connectivity index (χ4v) is 3.52. The van der Waals surface area contributed by atoms with Crippen LogP contribution < -0.4 is 9.47 Å². The number of aromatic amines is 1. The number of rotatable bonds is 3. The first kappa shape index (κ1) is 19.9. The largest absolute Gasteiger partial charge is 0.586 e. The number of hydrogen-bond donors (Lipinski definition) is 1. The first-order chi connectivity index (χ1) is 14.1. The van der Waals surface area contributed by atoms with E-state index in [4.69, 9.17) is 4.74 Å². The van der Waals surface area contributed by atoms with E-state index < -0.39 is 23.6 Å². The lowest BCUT2D eigenvalue weighted by Crippen LogP contribution is -2.36. The highest BCUT2D eigenvalue weighted by Crippen LogP contribution is 2.42. The Balaban J connectivity index is 1.73. The summed E-state index contributed by atoms with van der Waals surface area (Å²) < 4.78 is 40.5. The van der Waals surface area contributed by atoms with Gasteiger partial charge in [0.25, 0.3) is 5.91 Å². The average molecular weight is 419 g/mol. The number of halogens is 2. The third kappa shape index (κ3) is 3.38. The second-order valence-corrected chi connectivity index (χ2v) is 7.57. The maximum atomic E-state index is 13.3. The summed E-state index contributed by atoms with van der Waals surface area (Å²) in [6, 6.07) is 3.80. The lowest BCUT2D eigenvalue weighted by molar-refractivity contribution is -0.286. The van der Waals surface area contributed by atoms with Crippen molar-refractivity contribution in [1.29, 1.82) is 0 Å². The normalized spacial score (nSPS) is 18.3. The average Bonchev–Trinajstić information content (AvgIpc) is 3.24. The minimum Gasteiger partial charge on any atom is -0.462 e. The molecule has 3 heterocycles. The molecule has 158 valence electrons. The number of carbonyl (C=O) groups excluding carboxylic acids is 2. The second kappa shape index (κ2) is 6.82. The molecule has 0 aliphatic carbocycles. The fraction of sp³-hybridized carbons (Fsp3) is 0.350. The van der Waals surface area contributed by atoms with Crippen molar-refractivity contribution in [1.82, 2.24) is 15.1 Å². The predicted octanol–water partition coefficient (Wildman–Crippen LogP) is 3.07. The number of nitrogens with zero attached hydrogens (tertiary/aromatic N) is 2. The molecular weight excluding hydrogens is 400 g/mol. The summed E-state index contributed by atoms with van der Waals surface area (Å²) in [6.45, 7) is 5.87. The van der Waals surface area contributed by atoms with Gasteiger partial charge in [0.05, 0.1) is 18.5 Å². The van der Waals surface area contributed by atoms with Crippen molar-refractivity contribution < 1.29 is 32.6 Å². The van der Waals surface area contributed by atoms with Crippen LogP contribution in [0, 0.1) is 0 Å². The van der Waals surface area contributed by atoms with Crippen LogP contribution in [0.1, 0.15) is 42.4 Å². The Morgan fingerprint density at radius 1 is 1.27 bits per heavy atom. The first-order valence-electron chi connectivity index (χ1n) is 9.25. The van der Waals surface area contributed by atoms with Crippen LogP contribution in [-0.4, -0.2) is 46.4 Å². The van der Waals surface area contributed by atoms with E-state index in [0.29, 0.717) is 5.69 Å². The monoisotopic (exact) mass is 419 g/mol. The maximum absolute atomic E-state index is 13.3. The second-order valence-electron chi connectivity index (χ2n) is 7.57. The molecule has 1 amide bonds. The topological polar surface area (TPSA) is 93.8 Å². The summed E-state index contributed by atoms with van der Waals surface area (Å²) in [5.74, 6) is -1.49. The Labute approximate surface area is 170 Å². The Hall–Kier alpha value is -3.43. The zero-order chi connectivity index (χ0) is 21.7. The molecule has 10 heteroatoms. The molecule has 0 fully saturated rings. The van der Waals surface area contributed by atoms with Gasteiger partial charge in [-0.05, 0) is 25.1 Å². The molecule has 0 saturated heterocycles. The van der Waals surface area contributed by atoms with E-state index in [0.717, 1.165) is 5.56 Å².